The van der Waals surface area contributed by atoms with Crippen molar-refractivity contribution in [3.8, 4) is 5.75 Å². The third-order valence-electron chi connectivity index (χ3n) is 4.10. The molecular weight excluding hydrogens is 620 g/mol. The van der Waals surface area contributed by atoms with Gasteiger partial charge < -0.3 is 10.1 Å². The fourth-order valence-corrected chi connectivity index (χ4v) is 4.74. The Kier molecular flexibility index (Phi) is 8.41. The van der Waals surface area contributed by atoms with Crippen molar-refractivity contribution in [2.24, 2.45) is 5.10 Å². The van der Waals surface area contributed by atoms with Crippen LogP contribution in [-0.2, 0) is 11.4 Å². The number of hydrogen-bond acceptors (Lipinski definition) is 4. The maximum Gasteiger partial charge on any atom is 0.271 e. The number of amides is 2. The molecule has 0 unspecified atom stereocenters. The van der Waals surface area contributed by atoms with Gasteiger partial charge in [-0.25, -0.2) is 5.43 Å². The number of anilines is 1. The summed E-state index contributed by atoms with van der Waals surface area (Å²) in [5.41, 5.74) is 5.43. The summed E-state index contributed by atoms with van der Waals surface area (Å²) in [5, 5.41) is 6.77. The molecule has 0 atom stereocenters. The summed E-state index contributed by atoms with van der Waals surface area (Å²) in [5.74, 6) is 0.194. The molecule has 2 amide bonds. The maximum absolute atomic E-state index is 12.4. The Morgan fingerprint density at radius 1 is 1.03 bits per heavy atom. The predicted octanol–water partition coefficient (Wildman–Crippen LogP) is 5.20. The van der Waals surface area contributed by atoms with E-state index < -0.39 is 0 Å². The molecule has 31 heavy (non-hydrogen) atoms. The number of hydrazone groups is 1. The Balaban J connectivity index is 1.69. The smallest absolute Gasteiger partial charge is 0.271 e. The van der Waals surface area contributed by atoms with Crippen LogP contribution in [0.2, 0.25) is 0 Å². The van der Waals surface area contributed by atoms with Crippen LogP contribution in [0.3, 0.4) is 0 Å². The van der Waals surface area contributed by atoms with E-state index in [0.717, 1.165) is 18.3 Å². The molecule has 8 heteroatoms. The van der Waals surface area contributed by atoms with Crippen LogP contribution in [0.4, 0.5) is 5.69 Å². The molecule has 0 saturated heterocycles. The number of hydrogen-bond donors (Lipinski definition) is 2. The van der Waals surface area contributed by atoms with Gasteiger partial charge in [-0.3, -0.25) is 9.59 Å². The zero-order valence-electron chi connectivity index (χ0n) is 16.6. The van der Waals surface area contributed by atoms with Crippen LogP contribution in [0.5, 0.6) is 5.75 Å². The first-order chi connectivity index (χ1) is 14.9. The lowest BCUT2D eigenvalue weighted by molar-refractivity contribution is -0.114. The Labute approximate surface area is 207 Å². The van der Waals surface area contributed by atoms with Crippen molar-refractivity contribution in [1.82, 2.24) is 5.43 Å². The van der Waals surface area contributed by atoms with Crippen LogP contribution >= 0.6 is 45.2 Å². The number of nitrogens with one attached hydrogen (secondary N) is 2. The second kappa shape index (κ2) is 11.2. The van der Waals surface area contributed by atoms with E-state index in [1.165, 1.54) is 6.92 Å². The summed E-state index contributed by atoms with van der Waals surface area (Å²) in [4.78, 5) is 23.4. The van der Waals surface area contributed by atoms with Crippen molar-refractivity contribution in [2.75, 3.05) is 5.32 Å². The highest BCUT2D eigenvalue weighted by atomic mass is 127. The quantitative estimate of drug-likeness (QED) is 0.212. The molecule has 0 aromatic heterocycles. The minimum absolute atomic E-state index is 0.167. The number of nitrogens with zero attached hydrogens (tertiary/aromatic N) is 1. The molecule has 0 spiro atoms. The van der Waals surface area contributed by atoms with Crippen LogP contribution in [0.25, 0.3) is 0 Å². The summed E-state index contributed by atoms with van der Waals surface area (Å²) in [6, 6.07) is 20.5. The molecule has 3 rings (SSSR count). The minimum Gasteiger partial charge on any atom is -0.487 e. The van der Waals surface area contributed by atoms with Crippen LogP contribution < -0.4 is 15.5 Å². The predicted molar refractivity (Wildman–Crippen MR) is 138 cm³/mol. The molecule has 0 saturated carbocycles. The van der Waals surface area contributed by atoms with Gasteiger partial charge in [0, 0.05) is 27.3 Å². The van der Waals surface area contributed by atoms with Crippen molar-refractivity contribution in [3.63, 3.8) is 0 Å². The molecule has 0 heterocycles. The first-order valence-electron chi connectivity index (χ1n) is 9.29. The lowest BCUT2D eigenvalue weighted by Gasteiger charge is -2.12. The normalized spacial score (nSPS) is 10.7. The lowest BCUT2D eigenvalue weighted by Crippen LogP contribution is -2.17. The van der Waals surface area contributed by atoms with Crippen LogP contribution in [0, 0.1) is 7.14 Å². The summed E-state index contributed by atoms with van der Waals surface area (Å²) in [7, 11) is 0. The molecule has 6 nitrogen and oxygen atoms in total. The molecule has 2 N–H and O–H groups in total. The molecule has 3 aromatic rings. The molecule has 158 valence electrons. The Hall–Kier alpha value is -2.47. The van der Waals surface area contributed by atoms with Gasteiger partial charge in [-0.05, 0) is 87.1 Å². The molecule has 0 radical (unpaired) electrons. The van der Waals surface area contributed by atoms with Gasteiger partial charge in [-0.1, -0.05) is 30.3 Å². The number of ether oxygens (including phenoxy) is 1. The van der Waals surface area contributed by atoms with Crippen molar-refractivity contribution in [1.29, 1.82) is 0 Å². The molecule has 0 aliphatic heterocycles. The summed E-state index contributed by atoms with van der Waals surface area (Å²) in [6.45, 7) is 1.87. The van der Waals surface area contributed by atoms with E-state index >= 15 is 0 Å². The average Bonchev–Trinajstić information content (AvgIpc) is 2.74. The highest BCUT2D eigenvalue weighted by Crippen LogP contribution is 2.28. The second-order valence-electron chi connectivity index (χ2n) is 6.54. The summed E-state index contributed by atoms with van der Waals surface area (Å²) < 4.78 is 8.04. The van der Waals surface area contributed by atoms with E-state index in [9.17, 15) is 9.59 Å². The number of halogens is 2. The fourth-order valence-electron chi connectivity index (χ4n) is 2.69. The van der Waals surface area contributed by atoms with Gasteiger partial charge in [0.2, 0.25) is 5.91 Å². The highest BCUT2D eigenvalue weighted by molar-refractivity contribution is 14.1. The van der Waals surface area contributed by atoms with E-state index in [1.54, 1.807) is 30.5 Å². The first-order valence-corrected chi connectivity index (χ1v) is 11.4. The van der Waals surface area contributed by atoms with E-state index in [-0.39, 0.29) is 11.8 Å². The minimum atomic E-state index is -0.349. The van der Waals surface area contributed by atoms with Crippen molar-refractivity contribution in [2.45, 2.75) is 13.5 Å². The zero-order valence-corrected chi connectivity index (χ0v) is 20.9. The van der Waals surface area contributed by atoms with Crippen LogP contribution in [-0.4, -0.2) is 18.0 Å². The molecule has 0 fully saturated rings. The van der Waals surface area contributed by atoms with Gasteiger partial charge in [0.25, 0.3) is 5.91 Å². The van der Waals surface area contributed by atoms with Crippen molar-refractivity contribution < 1.29 is 14.3 Å². The topological polar surface area (TPSA) is 79.8 Å². The van der Waals surface area contributed by atoms with Crippen LogP contribution in [0.1, 0.15) is 28.4 Å². The van der Waals surface area contributed by atoms with Gasteiger partial charge in [0.15, 0.2) is 0 Å². The zero-order chi connectivity index (χ0) is 22.2. The summed E-state index contributed by atoms with van der Waals surface area (Å²) in [6.07, 6.45) is 1.58. The van der Waals surface area contributed by atoms with Crippen molar-refractivity contribution in [3.05, 3.63) is 90.6 Å². The van der Waals surface area contributed by atoms with Gasteiger partial charge in [-0.2, -0.15) is 5.10 Å². The fraction of sp³-hybridized carbons (Fsp3) is 0.0870. The lowest BCUT2D eigenvalue weighted by atomic mass is 10.2. The molecular formula is C23H19I2N3O3. The number of carbonyl (C=O) groups is 2. The number of carbonyl (C=O) groups excluding carboxylic acids is 2. The summed E-state index contributed by atoms with van der Waals surface area (Å²) >= 11 is 4.47. The molecule has 0 aliphatic carbocycles. The Morgan fingerprint density at radius 2 is 1.74 bits per heavy atom. The molecule has 0 aliphatic rings. The van der Waals surface area contributed by atoms with E-state index in [2.05, 4.69) is 61.0 Å². The number of benzene rings is 3. The van der Waals surface area contributed by atoms with E-state index in [1.807, 2.05) is 42.5 Å². The van der Waals surface area contributed by atoms with Gasteiger partial charge in [0.05, 0.1) is 9.78 Å². The standard InChI is InChI=1S/C23H19I2N3O3/c1-15(29)27-20-9-7-17(8-10-20)23(30)28-26-13-18-11-19(24)12-21(25)22(18)31-14-16-5-3-2-4-6-16/h2-13H,14H2,1H3,(H,27,29)(H,28,30)/b26-13-. The Morgan fingerprint density at radius 3 is 2.42 bits per heavy atom. The van der Waals surface area contributed by atoms with Crippen molar-refractivity contribution >= 4 is 68.9 Å². The monoisotopic (exact) mass is 639 g/mol. The first kappa shape index (κ1) is 23.2. The van der Waals surface area contributed by atoms with E-state index in [4.69, 9.17) is 4.74 Å². The van der Waals surface area contributed by atoms with Gasteiger partial charge in [-0.15, -0.1) is 0 Å². The maximum atomic E-state index is 12.4. The SMILES string of the molecule is CC(=O)Nc1ccc(C(=O)N/N=C\c2cc(I)cc(I)c2OCc2ccccc2)cc1. The van der Waals surface area contributed by atoms with Crippen LogP contribution in [0.15, 0.2) is 71.8 Å². The largest absolute Gasteiger partial charge is 0.487 e. The molecule has 3 aromatic carbocycles. The van der Waals surface area contributed by atoms with E-state index in [0.29, 0.717) is 23.6 Å². The molecule has 0 bridgehead atoms. The number of rotatable bonds is 7. The van der Waals surface area contributed by atoms with Gasteiger partial charge in [0.1, 0.15) is 12.4 Å². The third kappa shape index (κ3) is 7.03. The van der Waals surface area contributed by atoms with Gasteiger partial charge >= 0.3 is 0 Å². The highest BCUT2D eigenvalue weighted by Gasteiger charge is 2.10. The third-order valence-corrected chi connectivity index (χ3v) is 5.52. The second-order valence-corrected chi connectivity index (χ2v) is 8.95. The average molecular weight is 639 g/mol. The Bertz CT molecular complexity index is 1100.